The number of cyclic esters (lactones) is 1. The van der Waals surface area contributed by atoms with E-state index in [1.807, 2.05) is 13.0 Å². The van der Waals surface area contributed by atoms with E-state index in [4.69, 9.17) is 23.7 Å². The van der Waals surface area contributed by atoms with Crippen molar-refractivity contribution in [1.29, 1.82) is 0 Å². The first-order valence-corrected chi connectivity index (χ1v) is 28.8. The molecule has 2 bridgehead atoms. The van der Waals surface area contributed by atoms with E-state index in [2.05, 4.69) is 15.6 Å². The van der Waals surface area contributed by atoms with Gasteiger partial charge in [-0.25, -0.2) is 0 Å². The maximum Gasteiger partial charge on any atom is 0.308 e. The molecule has 0 spiro atoms. The van der Waals surface area contributed by atoms with Crippen LogP contribution in [0.2, 0.25) is 0 Å². The second-order valence-corrected chi connectivity index (χ2v) is 22.6. The summed E-state index contributed by atoms with van der Waals surface area (Å²) < 4.78 is 29.5. The molecule has 5 heterocycles. The number of carbonyl (C=O) groups is 2. The second-order valence-electron chi connectivity index (χ2n) is 22.6. The van der Waals surface area contributed by atoms with Gasteiger partial charge in [-0.15, -0.1) is 0 Å². The number of aliphatic hydroxyl groups excluding tert-OH is 12. The number of aromatic nitrogens is 1. The van der Waals surface area contributed by atoms with E-state index in [0.29, 0.717) is 12.1 Å². The Balaban J connectivity index is 1.43. The quantitative estimate of drug-likeness (QED) is 0.129. The van der Waals surface area contributed by atoms with Crippen molar-refractivity contribution >= 4 is 11.9 Å². The Hall–Kier alpha value is -4.49. The molecule has 472 valence electrons. The van der Waals surface area contributed by atoms with E-state index < -0.39 is 184 Å². The van der Waals surface area contributed by atoms with Gasteiger partial charge < -0.3 is 106 Å². The largest absolute Gasteiger partial charge is 0.462 e. The normalized spacial score (nSPS) is 40.7. The molecule has 4 aliphatic heterocycles. The van der Waals surface area contributed by atoms with Crippen molar-refractivity contribution in [2.45, 2.75) is 207 Å². The molecule has 24 heteroatoms. The van der Waals surface area contributed by atoms with E-state index >= 15 is 0 Å². The fourth-order valence-corrected chi connectivity index (χ4v) is 10.5. The number of pyridine rings is 1. The highest BCUT2D eigenvalue weighted by Crippen LogP contribution is 2.38. The molecule has 0 saturated carbocycles. The maximum atomic E-state index is 14.2. The minimum Gasteiger partial charge on any atom is -0.462 e. The van der Waals surface area contributed by atoms with Crippen LogP contribution in [0.4, 0.5) is 0 Å². The van der Waals surface area contributed by atoms with Gasteiger partial charge in [-0.05, 0) is 45.2 Å². The number of hydrogen-bond acceptors (Lipinski definition) is 23. The minimum atomic E-state index is -2.47. The lowest BCUT2D eigenvalue weighted by atomic mass is 9.82. The van der Waals surface area contributed by atoms with Crippen LogP contribution in [-0.2, 0) is 39.7 Å². The molecule has 84 heavy (non-hydrogen) atoms. The molecule has 24 nitrogen and oxygen atoms in total. The molecule has 0 aromatic carbocycles. The number of ether oxygens (including phenoxy) is 5. The first-order chi connectivity index (χ1) is 39.8. The molecule has 4 aliphatic rings. The fraction of sp³-hybridized carbons (Fsp3) is 0.650. The molecule has 1 aromatic heterocycles. The number of allylic oxidation sites excluding steroid dienone is 12. The molecule has 0 aliphatic carbocycles. The lowest BCUT2D eigenvalue weighted by molar-refractivity contribution is -0.323. The predicted molar refractivity (Wildman–Crippen MR) is 303 cm³/mol. The SMILES string of the molecule is CC1[C@H](C)OC(=O)C[C@H](O)C[C@H](O)CC[C@@H](O)[C@H](O)C[C@H](O)C[C@]2(O)C[C@H](O)C(C(=O)NCCc3ccccn3)C(C[C@@H](OC3O[C@H](C)[C@@H](O)[C@H](NC[C@@]4(O)OC[C@@H](O)[C@H](O)[C@@H]4O)[C@@H]3O)C=CC=CC=CC=CC=CC=CC=C[C@H](C)[C@H]1O)O2. The van der Waals surface area contributed by atoms with Gasteiger partial charge in [-0.3, -0.25) is 14.6 Å². The summed E-state index contributed by atoms with van der Waals surface area (Å²) in [6.07, 6.45) is -1.43. The maximum absolute atomic E-state index is 14.2. The Labute approximate surface area is 490 Å². The summed E-state index contributed by atoms with van der Waals surface area (Å²) in [5, 5.41) is 160. The van der Waals surface area contributed by atoms with Crippen molar-refractivity contribution in [2.24, 2.45) is 17.8 Å². The van der Waals surface area contributed by atoms with Gasteiger partial charge >= 0.3 is 5.97 Å². The highest BCUT2D eigenvalue weighted by atomic mass is 16.7. The Bertz CT molecular complexity index is 2360. The van der Waals surface area contributed by atoms with Gasteiger partial charge in [0.15, 0.2) is 12.1 Å². The van der Waals surface area contributed by atoms with E-state index in [1.54, 1.807) is 111 Å². The summed E-state index contributed by atoms with van der Waals surface area (Å²) in [6.45, 7) is 5.54. The highest BCUT2D eigenvalue weighted by molar-refractivity contribution is 5.80. The molecular weight excluding hydrogens is 1100 g/mol. The zero-order valence-electron chi connectivity index (χ0n) is 48.1. The smallest absolute Gasteiger partial charge is 0.308 e. The highest BCUT2D eigenvalue weighted by Gasteiger charge is 2.53. The van der Waals surface area contributed by atoms with Gasteiger partial charge in [0.2, 0.25) is 11.7 Å². The third-order valence-electron chi connectivity index (χ3n) is 15.7. The van der Waals surface area contributed by atoms with Gasteiger partial charge in [-0.1, -0.05) is 105 Å². The number of hydrogen-bond donors (Lipinski definition) is 16. The van der Waals surface area contributed by atoms with Crippen LogP contribution >= 0.6 is 0 Å². The molecule has 3 fully saturated rings. The Morgan fingerprint density at radius 1 is 0.679 bits per heavy atom. The van der Waals surface area contributed by atoms with Crippen LogP contribution in [0.1, 0.15) is 84.8 Å². The van der Waals surface area contributed by atoms with Crippen LogP contribution < -0.4 is 10.6 Å². The van der Waals surface area contributed by atoms with Crippen molar-refractivity contribution in [3.05, 3.63) is 115 Å². The van der Waals surface area contributed by atoms with E-state index in [9.17, 15) is 81.1 Å². The van der Waals surface area contributed by atoms with Gasteiger partial charge in [-0.2, -0.15) is 0 Å². The third kappa shape index (κ3) is 21.7. The standard InChI is InChI=1S/C60H91N3O21/c1-35-19-15-13-11-9-7-5-6-8-10-12-14-16-21-43(83-58-55(75)51(53(73)38(4)82-58)63-34-60(79)56(76)54(74)47(70)33-80-60)30-48-50(57(77)62-26-24-39-20-17-18-25-61-39)46(69)32-59(78,84-48)31-42(66)28-45(68)44(67)23-22-40(64)27-41(65)29-49(71)81-37(3)36(2)52(35)72/h5-21,25,35-38,40-48,50-56,58,63-70,72-76,78-79H,22-24,26-34H2,1-4H3,(H,62,77)/t35-,36?,37-,38+,40+,41+,42-,43-,44+,45+,46-,47+,48?,50?,51-,52+,53+,54-,55-,56-,58?,59+,60+/m0/s1. The number of rotatable bonds is 9. The lowest BCUT2D eigenvalue weighted by Crippen LogP contribution is -2.69. The number of nitrogens with one attached hydrogen (secondary N) is 2. The topological polar surface area (TPSA) is 400 Å². The van der Waals surface area contributed by atoms with Crippen molar-refractivity contribution in [3.63, 3.8) is 0 Å². The number of nitrogens with zero attached hydrogens (tertiary/aromatic N) is 1. The number of carbonyl (C=O) groups excluding carboxylic acids is 2. The van der Waals surface area contributed by atoms with Crippen molar-refractivity contribution in [3.8, 4) is 0 Å². The minimum absolute atomic E-state index is 0.0809. The fourth-order valence-electron chi connectivity index (χ4n) is 10.5. The Kier molecular flexibility index (Phi) is 28.6. The number of amides is 1. The Morgan fingerprint density at radius 3 is 1.96 bits per heavy atom. The van der Waals surface area contributed by atoms with Gasteiger partial charge in [0.25, 0.3) is 0 Å². The van der Waals surface area contributed by atoms with Crippen LogP contribution in [0, 0.1) is 17.8 Å². The summed E-state index contributed by atoms with van der Waals surface area (Å²) in [5.41, 5.74) is 0.666. The lowest BCUT2D eigenvalue weighted by Gasteiger charge is -2.47. The van der Waals surface area contributed by atoms with Crippen LogP contribution in [0.15, 0.2) is 109 Å². The van der Waals surface area contributed by atoms with Crippen LogP contribution in [0.5, 0.6) is 0 Å². The molecule has 0 radical (unpaired) electrons. The van der Waals surface area contributed by atoms with E-state index in [0.717, 1.165) is 0 Å². The van der Waals surface area contributed by atoms with E-state index in [-0.39, 0.29) is 38.1 Å². The summed E-state index contributed by atoms with van der Waals surface area (Å²) in [4.78, 5) is 31.2. The van der Waals surface area contributed by atoms with Crippen LogP contribution in [0.3, 0.4) is 0 Å². The van der Waals surface area contributed by atoms with Crippen molar-refractivity contribution in [2.75, 3.05) is 19.7 Å². The zero-order valence-corrected chi connectivity index (χ0v) is 48.1. The summed E-state index contributed by atoms with van der Waals surface area (Å²) in [5.74, 6) is -8.47. The van der Waals surface area contributed by atoms with Gasteiger partial charge in [0.1, 0.15) is 30.5 Å². The van der Waals surface area contributed by atoms with Crippen molar-refractivity contribution in [1.82, 2.24) is 15.6 Å². The van der Waals surface area contributed by atoms with Crippen molar-refractivity contribution < 1.29 is 105 Å². The average Bonchev–Trinajstić information content (AvgIpc) is 1.75. The Morgan fingerprint density at radius 2 is 1.32 bits per heavy atom. The number of esters is 1. The molecule has 1 aromatic rings. The average molecular weight is 1190 g/mol. The van der Waals surface area contributed by atoms with E-state index in [1.165, 1.54) is 13.0 Å². The van der Waals surface area contributed by atoms with Gasteiger partial charge in [0.05, 0.1) is 98.7 Å². The summed E-state index contributed by atoms with van der Waals surface area (Å²) in [6, 6.07) is 3.93. The number of fused-ring (bicyclic) bond motifs is 2. The number of aliphatic hydroxyl groups is 14. The third-order valence-corrected chi connectivity index (χ3v) is 15.7. The molecule has 4 unspecified atom stereocenters. The molecule has 16 N–H and O–H groups in total. The molecular formula is C60H91N3O21. The molecule has 3 saturated heterocycles. The van der Waals surface area contributed by atoms with Gasteiger partial charge in [0, 0.05) is 62.4 Å². The molecule has 23 atom stereocenters. The van der Waals surface area contributed by atoms with Crippen LogP contribution in [-0.4, -0.2) is 230 Å². The summed E-state index contributed by atoms with van der Waals surface area (Å²) in [7, 11) is 0. The first kappa shape index (κ1) is 70.3. The van der Waals surface area contributed by atoms with Crippen LogP contribution in [0.25, 0.3) is 0 Å². The first-order valence-electron chi connectivity index (χ1n) is 28.8. The molecule has 1 amide bonds. The predicted octanol–water partition coefficient (Wildman–Crippen LogP) is -1.19. The second kappa shape index (κ2) is 34.2. The molecule has 5 rings (SSSR count). The monoisotopic (exact) mass is 1190 g/mol. The zero-order chi connectivity index (χ0) is 61.7. The summed E-state index contributed by atoms with van der Waals surface area (Å²) >= 11 is 0.